The molecule has 0 unspecified atom stereocenters. The van der Waals surface area contributed by atoms with Crippen LogP contribution in [0.15, 0.2) is 22.7 Å². The minimum absolute atomic E-state index is 0.617. The maximum atomic E-state index is 5.69. The first-order valence-electron chi connectivity index (χ1n) is 4.36. The normalized spacial score (nSPS) is 9.43. The molecule has 14 heavy (non-hydrogen) atoms. The molecule has 0 bridgehead atoms. The summed E-state index contributed by atoms with van der Waals surface area (Å²) in [6.45, 7) is 0.617. The Hall–Kier alpha value is -1.14. The number of anilines is 1. The summed E-state index contributed by atoms with van der Waals surface area (Å²) in [6, 6.07) is 5.55. The smallest absolute Gasteiger partial charge is 0.135 e. The van der Waals surface area contributed by atoms with Gasteiger partial charge in [0.15, 0.2) is 0 Å². The summed E-state index contributed by atoms with van der Waals surface area (Å²) >= 11 is 3.36. The molecule has 0 radical (unpaired) electrons. The van der Waals surface area contributed by atoms with Gasteiger partial charge in [0.05, 0.1) is 11.1 Å². The molecule has 0 aliphatic carbocycles. The Labute approximate surface area is 92.6 Å². The largest absolute Gasteiger partial charge is 0.492 e. The van der Waals surface area contributed by atoms with Gasteiger partial charge in [-0.2, -0.15) is 0 Å². The SMILES string of the molecule is C#CCCCOc1cccc(N)c1Br. The number of terminal acetylenes is 1. The fraction of sp³-hybridized carbons (Fsp3) is 0.273. The molecule has 0 fully saturated rings. The van der Waals surface area contributed by atoms with E-state index in [-0.39, 0.29) is 0 Å². The van der Waals surface area contributed by atoms with Crippen LogP contribution < -0.4 is 10.5 Å². The van der Waals surface area contributed by atoms with Crippen LogP contribution in [-0.2, 0) is 0 Å². The maximum absolute atomic E-state index is 5.69. The van der Waals surface area contributed by atoms with E-state index in [9.17, 15) is 0 Å². The van der Waals surface area contributed by atoms with Crippen molar-refractivity contribution in [2.24, 2.45) is 0 Å². The first kappa shape index (κ1) is 10.9. The highest BCUT2D eigenvalue weighted by Crippen LogP contribution is 2.30. The summed E-state index contributed by atoms with van der Waals surface area (Å²) in [5.41, 5.74) is 6.37. The molecule has 0 saturated carbocycles. The average Bonchev–Trinajstić information content (AvgIpc) is 2.19. The molecule has 2 nitrogen and oxygen atoms in total. The van der Waals surface area contributed by atoms with E-state index in [0.29, 0.717) is 12.3 Å². The summed E-state index contributed by atoms with van der Waals surface area (Å²) in [7, 11) is 0. The highest BCUT2D eigenvalue weighted by molar-refractivity contribution is 9.10. The van der Waals surface area contributed by atoms with Crippen LogP contribution in [0.3, 0.4) is 0 Å². The lowest BCUT2D eigenvalue weighted by Gasteiger charge is -2.08. The third-order valence-corrected chi connectivity index (χ3v) is 2.56. The zero-order valence-electron chi connectivity index (χ0n) is 7.79. The van der Waals surface area contributed by atoms with Crippen LogP contribution >= 0.6 is 15.9 Å². The van der Waals surface area contributed by atoms with Crippen molar-refractivity contribution in [3.63, 3.8) is 0 Å². The number of rotatable bonds is 4. The first-order chi connectivity index (χ1) is 6.75. The molecule has 1 rings (SSSR count). The van der Waals surface area contributed by atoms with Crippen LogP contribution in [-0.4, -0.2) is 6.61 Å². The molecule has 0 amide bonds. The summed E-state index contributed by atoms with van der Waals surface area (Å²) in [5.74, 6) is 3.33. The summed E-state index contributed by atoms with van der Waals surface area (Å²) in [4.78, 5) is 0. The number of halogens is 1. The molecule has 2 N–H and O–H groups in total. The van der Waals surface area contributed by atoms with Gasteiger partial charge < -0.3 is 10.5 Å². The molecule has 74 valence electrons. The van der Waals surface area contributed by atoms with E-state index in [4.69, 9.17) is 16.9 Å². The lowest BCUT2D eigenvalue weighted by Crippen LogP contribution is -1.98. The Morgan fingerprint density at radius 3 is 3.00 bits per heavy atom. The summed E-state index contributed by atoms with van der Waals surface area (Å²) in [6.07, 6.45) is 6.72. The van der Waals surface area contributed by atoms with E-state index in [1.165, 1.54) is 0 Å². The van der Waals surface area contributed by atoms with E-state index in [0.717, 1.165) is 23.1 Å². The topological polar surface area (TPSA) is 35.2 Å². The third-order valence-electron chi connectivity index (χ3n) is 1.72. The zero-order chi connectivity index (χ0) is 10.4. The van der Waals surface area contributed by atoms with Crippen LogP contribution in [0.5, 0.6) is 5.75 Å². The number of hydrogen-bond acceptors (Lipinski definition) is 2. The van der Waals surface area contributed by atoms with Gasteiger partial charge in [0.1, 0.15) is 5.75 Å². The molecule has 0 saturated heterocycles. The van der Waals surface area contributed by atoms with Gasteiger partial charge in [-0.25, -0.2) is 0 Å². The molecule has 0 heterocycles. The van der Waals surface area contributed by atoms with E-state index in [1.54, 1.807) is 0 Å². The van der Waals surface area contributed by atoms with Crippen LogP contribution in [0.1, 0.15) is 12.8 Å². The van der Waals surface area contributed by atoms with Crippen LogP contribution in [0, 0.1) is 12.3 Å². The van der Waals surface area contributed by atoms with Gasteiger partial charge in [-0.05, 0) is 34.5 Å². The van der Waals surface area contributed by atoms with E-state index >= 15 is 0 Å². The minimum Gasteiger partial charge on any atom is -0.492 e. The summed E-state index contributed by atoms with van der Waals surface area (Å²) in [5, 5.41) is 0. The van der Waals surface area contributed by atoms with Crippen molar-refractivity contribution in [2.75, 3.05) is 12.3 Å². The summed E-state index contributed by atoms with van der Waals surface area (Å²) < 4.78 is 6.30. The van der Waals surface area contributed by atoms with Gasteiger partial charge in [0.25, 0.3) is 0 Å². The number of nitrogens with two attached hydrogens (primary N) is 1. The monoisotopic (exact) mass is 253 g/mol. The molecular formula is C11H12BrNO. The van der Waals surface area contributed by atoms with Gasteiger partial charge in [-0.15, -0.1) is 12.3 Å². The van der Waals surface area contributed by atoms with Gasteiger partial charge in [0.2, 0.25) is 0 Å². The minimum atomic E-state index is 0.617. The highest BCUT2D eigenvalue weighted by atomic mass is 79.9. The number of benzene rings is 1. The second kappa shape index (κ2) is 5.56. The predicted molar refractivity (Wildman–Crippen MR) is 62.1 cm³/mol. The predicted octanol–water partition coefficient (Wildman–Crippen LogP) is 2.82. The fourth-order valence-electron chi connectivity index (χ4n) is 0.996. The van der Waals surface area contributed by atoms with Crippen LogP contribution in [0.2, 0.25) is 0 Å². The van der Waals surface area contributed by atoms with Crippen molar-refractivity contribution in [1.29, 1.82) is 0 Å². The van der Waals surface area contributed by atoms with Gasteiger partial charge in [-0.3, -0.25) is 0 Å². The fourth-order valence-corrected chi connectivity index (χ4v) is 1.37. The van der Waals surface area contributed by atoms with Gasteiger partial charge >= 0.3 is 0 Å². The van der Waals surface area contributed by atoms with Crippen molar-refractivity contribution >= 4 is 21.6 Å². The maximum Gasteiger partial charge on any atom is 0.135 e. The quantitative estimate of drug-likeness (QED) is 0.509. The molecule has 0 atom stereocenters. The van der Waals surface area contributed by atoms with Crippen molar-refractivity contribution in [3.8, 4) is 18.1 Å². The van der Waals surface area contributed by atoms with Crippen molar-refractivity contribution in [2.45, 2.75) is 12.8 Å². The standard InChI is InChI=1S/C11H12BrNO/c1-2-3-4-8-14-10-7-5-6-9(13)11(10)12/h1,5-7H,3-4,8,13H2. The molecule has 1 aromatic rings. The van der Waals surface area contributed by atoms with E-state index in [1.807, 2.05) is 18.2 Å². The number of ether oxygens (including phenoxy) is 1. The Morgan fingerprint density at radius 2 is 2.29 bits per heavy atom. The number of nitrogen functional groups attached to an aromatic ring is 1. The molecule has 0 aliphatic rings. The first-order valence-corrected chi connectivity index (χ1v) is 5.15. The van der Waals surface area contributed by atoms with Gasteiger partial charge in [-0.1, -0.05) is 6.07 Å². The molecule has 1 aromatic carbocycles. The number of unbranched alkanes of at least 4 members (excludes halogenated alkanes) is 1. The van der Waals surface area contributed by atoms with Crippen LogP contribution in [0.25, 0.3) is 0 Å². The van der Waals surface area contributed by atoms with E-state index < -0.39 is 0 Å². The van der Waals surface area contributed by atoms with Crippen molar-refractivity contribution in [3.05, 3.63) is 22.7 Å². The molecular weight excluding hydrogens is 242 g/mol. The van der Waals surface area contributed by atoms with Crippen molar-refractivity contribution < 1.29 is 4.74 Å². The van der Waals surface area contributed by atoms with Crippen molar-refractivity contribution in [1.82, 2.24) is 0 Å². The zero-order valence-corrected chi connectivity index (χ0v) is 9.38. The Morgan fingerprint density at radius 1 is 1.50 bits per heavy atom. The Bertz CT molecular complexity index is 344. The average molecular weight is 254 g/mol. The lowest BCUT2D eigenvalue weighted by atomic mass is 10.3. The van der Waals surface area contributed by atoms with Gasteiger partial charge in [0, 0.05) is 12.1 Å². The third kappa shape index (κ3) is 2.97. The second-order valence-electron chi connectivity index (χ2n) is 2.82. The molecule has 0 spiro atoms. The van der Waals surface area contributed by atoms with Crippen LogP contribution in [0.4, 0.5) is 5.69 Å². The Balaban J connectivity index is 2.51. The molecule has 0 aromatic heterocycles. The molecule has 3 heteroatoms. The Kier molecular flexibility index (Phi) is 4.34. The number of hydrogen-bond donors (Lipinski definition) is 1. The lowest BCUT2D eigenvalue weighted by molar-refractivity contribution is 0.311. The molecule has 0 aliphatic heterocycles. The second-order valence-corrected chi connectivity index (χ2v) is 3.61. The van der Waals surface area contributed by atoms with E-state index in [2.05, 4.69) is 21.9 Å². The highest BCUT2D eigenvalue weighted by Gasteiger charge is 2.02.